The second-order valence-electron chi connectivity index (χ2n) is 9.30. The number of nitrogens with zero attached hydrogens (tertiary/aromatic N) is 1. The first-order chi connectivity index (χ1) is 17.2. The van der Waals surface area contributed by atoms with Gasteiger partial charge in [0.2, 0.25) is 5.91 Å². The molecule has 0 saturated heterocycles. The number of anilines is 1. The third-order valence-corrected chi connectivity index (χ3v) is 5.54. The number of aliphatic hydroxyl groups is 1. The van der Waals surface area contributed by atoms with Crippen LogP contribution in [0.4, 0.5) is 15.0 Å². The molecule has 4 N–H and O–H groups in total. The van der Waals surface area contributed by atoms with Crippen molar-refractivity contribution >= 4 is 28.6 Å². The quantitative estimate of drug-likeness (QED) is 0.300. The van der Waals surface area contributed by atoms with Gasteiger partial charge < -0.3 is 20.5 Å². The Kier molecular flexibility index (Phi) is 9.72. The van der Waals surface area contributed by atoms with E-state index < -0.39 is 17.7 Å². The molecule has 0 unspecified atom stereocenters. The molecule has 3 aromatic rings. The lowest BCUT2D eigenvalue weighted by Gasteiger charge is -2.22. The molecule has 9 heteroatoms. The summed E-state index contributed by atoms with van der Waals surface area (Å²) in [5.74, 6) is -0.284. The van der Waals surface area contributed by atoms with Crippen LogP contribution in [0, 0.1) is 5.82 Å². The van der Waals surface area contributed by atoms with Crippen molar-refractivity contribution in [3.8, 4) is 0 Å². The highest BCUT2D eigenvalue weighted by molar-refractivity contribution is 5.89. The molecule has 3 rings (SSSR count). The fraction of sp³-hybridized carbons (Fsp3) is 0.370. The van der Waals surface area contributed by atoms with Crippen molar-refractivity contribution in [2.45, 2.75) is 51.3 Å². The van der Waals surface area contributed by atoms with Crippen molar-refractivity contribution in [3.05, 3.63) is 72.2 Å². The number of fused-ring (bicyclic) bond motifs is 1. The zero-order valence-corrected chi connectivity index (χ0v) is 20.6. The van der Waals surface area contributed by atoms with Crippen LogP contribution in [0.25, 0.3) is 10.8 Å². The van der Waals surface area contributed by atoms with E-state index in [9.17, 15) is 19.1 Å². The highest BCUT2D eigenvalue weighted by atomic mass is 19.1. The maximum absolute atomic E-state index is 13.7. The van der Waals surface area contributed by atoms with E-state index in [2.05, 4.69) is 20.9 Å². The van der Waals surface area contributed by atoms with Crippen LogP contribution in [-0.4, -0.2) is 46.9 Å². The van der Waals surface area contributed by atoms with Crippen LogP contribution < -0.4 is 16.0 Å². The van der Waals surface area contributed by atoms with Gasteiger partial charge in [-0.05, 0) is 50.6 Å². The molecule has 1 atom stereocenters. The van der Waals surface area contributed by atoms with Crippen molar-refractivity contribution in [2.24, 2.45) is 0 Å². The van der Waals surface area contributed by atoms with Gasteiger partial charge in [-0.15, -0.1) is 0 Å². The van der Waals surface area contributed by atoms with Crippen molar-refractivity contribution in [3.63, 3.8) is 0 Å². The van der Waals surface area contributed by atoms with Gasteiger partial charge in [0.05, 0.1) is 18.2 Å². The standard InChI is InChI=1S/C27H33FN4O4/c1-27(2,35)13-7-11-22(31-25(33)17-29-15-21-10-5-6-12-23(21)28)18-36-26(34)32-24-14-19-8-3-4-9-20(19)16-30-24/h3-6,8-10,12,14,16,22,29,35H,7,11,13,15,17-18H2,1-2H3,(H,31,33)(H,30,32,34)/t22-/m0/s1. The third-order valence-electron chi connectivity index (χ3n) is 5.54. The molecule has 0 radical (unpaired) electrons. The van der Waals surface area contributed by atoms with Gasteiger partial charge in [-0.25, -0.2) is 14.2 Å². The molecule has 2 aromatic carbocycles. The number of aromatic nitrogens is 1. The minimum Gasteiger partial charge on any atom is -0.447 e. The summed E-state index contributed by atoms with van der Waals surface area (Å²) in [6.07, 6.45) is 2.63. The predicted molar refractivity (Wildman–Crippen MR) is 137 cm³/mol. The van der Waals surface area contributed by atoms with E-state index in [1.54, 1.807) is 44.3 Å². The van der Waals surface area contributed by atoms with Crippen LogP contribution in [-0.2, 0) is 16.1 Å². The minimum absolute atomic E-state index is 0.0243. The molecule has 192 valence electrons. The first-order valence-corrected chi connectivity index (χ1v) is 11.9. The topological polar surface area (TPSA) is 113 Å². The van der Waals surface area contributed by atoms with Gasteiger partial charge in [0, 0.05) is 23.7 Å². The highest BCUT2D eigenvalue weighted by Crippen LogP contribution is 2.17. The Hall–Kier alpha value is -3.56. The largest absolute Gasteiger partial charge is 0.447 e. The average molecular weight is 497 g/mol. The Balaban J connectivity index is 1.50. The van der Waals surface area contributed by atoms with Crippen molar-refractivity contribution in [2.75, 3.05) is 18.5 Å². The SMILES string of the molecule is CC(C)(O)CCC[C@@H](COC(=O)Nc1cc2ccccc2cn1)NC(=O)CNCc1ccccc1F. The number of pyridine rings is 1. The Morgan fingerprint density at radius 3 is 2.58 bits per heavy atom. The summed E-state index contributed by atoms with van der Waals surface area (Å²) in [7, 11) is 0. The number of rotatable bonds is 12. The first kappa shape index (κ1) is 27.0. The second-order valence-corrected chi connectivity index (χ2v) is 9.30. The molecule has 2 amide bonds. The predicted octanol–water partition coefficient (Wildman–Crippen LogP) is 4.14. The van der Waals surface area contributed by atoms with Gasteiger partial charge in [-0.1, -0.05) is 42.5 Å². The smallest absolute Gasteiger partial charge is 0.412 e. The minimum atomic E-state index is -0.837. The molecule has 36 heavy (non-hydrogen) atoms. The van der Waals surface area contributed by atoms with Crippen molar-refractivity contribution < 1.29 is 23.8 Å². The van der Waals surface area contributed by atoms with Gasteiger partial charge in [-0.3, -0.25) is 10.1 Å². The van der Waals surface area contributed by atoms with E-state index in [1.807, 2.05) is 24.3 Å². The van der Waals surface area contributed by atoms with Gasteiger partial charge in [0.15, 0.2) is 0 Å². The molecular formula is C27H33FN4O4. The van der Waals surface area contributed by atoms with Crippen molar-refractivity contribution in [1.29, 1.82) is 0 Å². The Morgan fingerprint density at radius 2 is 1.83 bits per heavy atom. The van der Waals surface area contributed by atoms with Gasteiger partial charge in [-0.2, -0.15) is 0 Å². The third kappa shape index (κ3) is 9.24. The molecule has 0 fully saturated rings. The monoisotopic (exact) mass is 496 g/mol. The summed E-state index contributed by atoms with van der Waals surface area (Å²) in [5, 5.41) is 20.3. The van der Waals surface area contributed by atoms with Gasteiger partial charge >= 0.3 is 6.09 Å². The van der Waals surface area contributed by atoms with Crippen LogP contribution in [0.5, 0.6) is 0 Å². The second kappa shape index (κ2) is 12.9. The van der Waals surface area contributed by atoms with Crippen LogP contribution >= 0.6 is 0 Å². The number of hydrogen-bond donors (Lipinski definition) is 4. The molecule has 0 bridgehead atoms. The van der Waals surface area contributed by atoms with E-state index >= 15 is 0 Å². The van der Waals surface area contributed by atoms with E-state index in [4.69, 9.17) is 4.74 Å². The fourth-order valence-electron chi connectivity index (χ4n) is 3.68. The number of carbonyl (C=O) groups excluding carboxylic acids is 2. The summed E-state index contributed by atoms with van der Waals surface area (Å²) in [4.78, 5) is 29.0. The summed E-state index contributed by atoms with van der Waals surface area (Å²) < 4.78 is 19.1. The van der Waals surface area contributed by atoms with Crippen LogP contribution in [0.2, 0.25) is 0 Å². The molecular weight excluding hydrogens is 463 g/mol. The van der Waals surface area contributed by atoms with Crippen LogP contribution in [0.1, 0.15) is 38.7 Å². The van der Waals surface area contributed by atoms with Crippen LogP contribution in [0.3, 0.4) is 0 Å². The normalized spacial score (nSPS) is 12.2. The molecule has 0 aliphatic heterocycles. The summed E-state index contributed by atoms with van der Waals surface area (Å²) in [6, 6.07) is 15.3. The molecule has 1 heterocycles. The number of ether oxygens (including phenoxy) is 1. The number of halogens is 1. The highest BCUT2D eigenvalue weighted by Gasteiger charge is 2.18. The maximum atomic E-state index is 13.7. The van der Waals surface area contributed by atoms with Gasteiger partial charge in [0.25, 0.3) is 0 Å². The summed E-state index contributed by atoms with van der Waals surface area (Å²) in [6.45, 7) is 3.57. The maximum Gasteiger partial charge on any atom is 0.412 e. The molecule has 8 nitrogen and oxygen atoms in total. The zero-order valence-electron chi connectivity index (χ0n) is 20.6. The summed E-state index contributed by atoms with van der Waals surface area (Å²) in [5.41, 5.74) is -0.370. The number of nitrogens with one attached hydrogen (secondary N) is 3. The molecule has 0 saturated carbocycles. The van der Waals surface area contributed by atoms with E-state index in [1.165, 1.54) is 6.07 Å². The lowest BCUT2D eigenvalue weighted by molar-refractivity contribution is -0.121. The molecule has 0 spiro atoms. The molecule has 0 aliphatic rings. The first-order valence-electron chi connectivity index (χ1n) is 11.9. The molecule has 1 aromatic heterocycles. The van der Waals surface area contributed by atoms with E-state index in [-0.39, 0.29) is 31.4 Å². The van der Waals surface area contributed by atoms with Crippen LogP contribution in [0.15, 0.2) is 60.8 Å². The van der Waals surface area contributed by atoms with Crippen molar-refractivity contribution in [1.82, 2.24) is 15.6 Å². The number of hydrogen-bond acceptors (Lipinski definition) is 6. The van der Waals surface area contributed by atoms with Gasteiger partial charge in [0.1, 0.15) is 18.2 Å². The Labute approximate surface area is 210 Å². The lowest BCUT2D eigenvalue weighted by Crippen LogP contribution is -2.43. The van der Waals surface area contributed by atoms with E-state index in [0.717, 1.165) is 10.8 Å². The fourth-order valence-corrected chi connectivity index (χ4v) is 3.68. The van der Waals surface area contributed by atoms with E-state index in [0.29, 0.717) is 30.6 Å². The lowest BCUT2D eigenvalue weighted by atomic mass is 9.99. The Bertz CT molecular complexity index is 1170. The number of benzene rings is 2. The Morgan fingerprint density at radius 1 is 1.11 bits per heavy atom. The zero-order chi connectivity index (χ0) is 26.0. The number of carbonyl (C=O) groups is 2. The average Bonchev–Trinajstić information content (AvgIpc) is 2.83. The summed E-state index contributed by atoms with van der Waals surface area (Å²) >= 11 is 0. The number of amides is 2. The molecule has 0 aliphatic carbocycles.